The lowest BCUT2D eigenvalue weighted by molar-refractivity contribution is -0.139. The van der Waals surface area contributed by atoms with Crippen LogP contribution in [0.5, 0.6) is 0 Å². The lowest BCUT2D eigenvalue weighted by atomic mass is 9.99. The topological polar surface area (TPSA) is 130 Å². The molecule has 1 aliphatic heterocycles. The number of hydrogen-bond acceptors (Lipinski definition) is 6. The minimum Gasteiger partial charge on any atom is -0.444 e. The van der Waals surface area contributed by atoms with Gasteiger partial charge in [0.15, 0.2) is 0 Å². The Hall–Kier alpha value is -2.88. The number of nitrogens with one attached hydrogen (secondary N) is 3. The first kappa shape index (κ1) is 22.4. The van der Waals surface area contributed by atoms with E-state index in [1.54, 1.807) is 27.8 Å². The van der Waals surface area contributed by atoms with Crippen molar-refractivity contribution >= 4 is 41.2 Å². The van der Waals surface area contributed by atoms with Crippen LogP contribution in [0.1, 0.15) is 27.2 Å². The number of likely N-dealkylation sites (N-methyl/N-ethyl adjacent to an activating group) is 1. The van der Waals surface area contributed by atoms with E-state index < -0.39 is 35.6 Å². The molecule has 2 atom stereocenters. The average molecular weight is 426 g/mol. The monoisotopic (exact) mass is 425 g/mol. The van der Waals surface area contributed by atoms with Gasteiger partial charge in [0.05, 0.1) is 17.1 Å². The fourth-order valence-corrected chi connectivity index (χ4v) is 2.74. The summed E-state index contributed by atoms with van der Waals surface area (Å²) in [5.74, 6) is -1.99. The summed E-state index contributed by atoms with van der Waals surface area (Å²) in [6, 6.07) is 1.55. The summed E-state index contributed by atoms with van der Waals surface area (Å²) in [4.78, 5) is 53.9. The van der Waals surface area contributed by atoms with Gasteiger partial charge in [-0.3, -0.25) is 14.4 Å². The molecule has 3 N–H and O–H groups in total. The molecule has 2 heterocycles. The highest BCUT2D eigenvalue weighted by atomic mass is 35.5. The quantitative estimate of drug-likeness (QED) is 0.617. The van der Waals surface area contributed by atoms with Gasteiger partial charge < -0.3 is 25.6 Å². The molecule has 0 unspecified atom stereocenters. The Kier molecular flexibility index (Phi) is 7.02. The van der Waals surface area contributed by atoms with E-state index in [1.165, 1.54) is 23.2 Å². The first-order chi connectivity index (χ1) is 13.4. The van der Waals surface area contributed by atoms with E-state index in [0.717, 1.165) is 0 Å². The molecule has 1 aliphatic rings. The smallest absolute Gasteiger partial charge is 0.408 e. The van der Waals surface area contributed by atoms with Gasteiger partial charge in [-0.2, -0.15) is 0 Å². The van der Waals surface area contributed by atoms with Crippen LogP contribution in [0.3, 0.4) is 0 Å². The Morgan fingerprint density at radius 2 is 1.86 bits per heavy atom. The molecule has 0 radical (unpaired) electrons. The summed E-state index contributed by atoms with van der Waals surface area (Å²) >= 11 is 5.73. The fraction of sp³-hybridized carbons (Fsp3) is 0.500. The summed E-state index contributed by atoms with van der Waals surface area (Å²) in [6.45, 7) is 5.32. The van der Waals surface area contributed by atoms with Gasteiger partial charge in [0, 0.05) is 26.2 Å². The zero-order valence-electron chi connectivity index (χ0n) is 16.6. The van der Waals surface area contributed by atoms with Crippen molar-refractivity contribution in [1.82, 2.24) is 20.5 Å². The van der Waals surface area contributed by atoms with E-state index in [0.29, 0.717) is 5.02 Å². The standard InChI is InChI=1S/C18H24ClN5O5/c1-18(2,3)29-17(28)22-12-9-24(4)14(25)7-11(12)21-15(26)16(27)23-13-6-5-10(19)8-20-13/h5-6,8,11-12H,7,9H2,1-4H3,(H,21,26)(H,22,28)(H,20,23,27)/t11-,12+/m0/s1. The third kappa shape index (κ3) is 6.90. The molecule has 11 heteroatoms. The number of alkyl carbamates (subject to hydrolysis) is 1. The fourth-order valence-electron chi connectivity index (χ4n) is 2.62. The number of nitrogens with zero attached hydrogens (tertiary/aromatic N) is 2. The van der Waals surface area contributed by atoms with Crippen molar-refractivity contribution in [3.05, 3.63) is 23.4 Å². The van der Waals surface area contributed by atoms with Crippen LogP contribution in [0.4, 0.5) is 10.6 Å². The van der Waals surface area contributed by atoms with Crippen LogP contribution in [0.15, 0.2) is 18.3 Å². The lowest BCUT2D eigenvalue weighted by Crippen LogP contribution is -2.62. The molecule has 0 saturated carbocycles. The van der Waals surface area contributed by atoms with E-state index in [-0.39, 0.29) is 24.7 Å². The van der Waals surface area contributed by atoms with Crippen LogP contribution in [0.25, 0.3) is 0 Å². The Morgan fingerprint density at radius 1 is 1.17 bits per heavy atom. The highest BCUT2D eigenvalue weighted by molar-refractivity contribution is 6.39. The molecule has 0 bridgehead atoms. The second kappa shape index (κ2) is 9.08. The molecule has 158 valence electrons. The maximum atomic E-state index is 12.3. The second-order valence-corrected chi connectivity index (χ2v) is 8.06. The zero-order valence-corrected chi connectivity index (χ0v) is 17.4. The van der Waals surface area contributed by atoms with Crippen LogP contribution in [0.2, 0.25) is 5.02 Å². The number of rotatable bonds is 3. The molecule has 0 spiro atoms. The molecule has 1 fully saturated rings. The molecule has 4 amide bonds. The number of amides is 4. The van der Waals surface area contributed by atoms with Gasteiger partial charge in [-0.25, -0.2) is 9.78 Å². The van der Waals surface area contributed by atoms with Gasteiger partial charge in [0.25, 0.3) is 0 Å². The van der Waals surface area contributed by atoms with Crippen LogP contribution >= 0.6 is 11.6 Å². The number of carbonyl (C=O) groups is 4. The normalized spacial score (nSPS) is 19.3. The van der Waals surface area contributed by atoms with Gasteiger partial charge in [0.2, 0.25) is 5.91 Å². The number of halogens is 1. The van der Waals surface area contributed by atoms with Crippen LogP contribution in [0, 0.1) is 0 Å². The van der Waals surface area contributed by atoms with E-state index in [9.17, 15) is 19.2 Å². The van der Waals surface area contributed by atoms with Gasteiger partial charge in [0.1, 0.15) is 11.4 Å². The Labute approximate surface area is 173 Å². The number of ether oxygens (including phenoxy) is 1. The number of carbonyl (C=O) groups excluding carboxylic acids is 4. The zero-order chi connectivity index (χ0) is 21.8. The Morgan fingerprint density at radius 3 is 2.45 bits per heavy atom. The highest BCUT2D eigenvalue weighted by Crippen LogP contribution is 2.14. The van der Waals surface area contributed by atoms with Gasteiger partial charge in [-0.15, -0.1) is 0 Å². The van der Waals surface area contributed by atoms with Crippen molar-refractivity contribution in [1.29, 1.82) is 0 Å². The second-order valence-electron chi connectivity index (χ2n) is 7.63. The summed E-state index contributed by atoms with van der Waals surface area (Å²) in [5, 5.41) is 7.86. The number of aromatic nitrogens is 1. The molecule has 29 heavy (non-hydrogen) atoms. The largest absolute Gasteiger partial charge is 0.444 e. The van der Waals surface area contributed by atoms with E-state index in [1.807, 2.05) is 0 Å². The molecule has 10 nitrogen and oxygen atoms in total. The number of piperidine rings is 1. The van der Waals surface area contributed by atoms with Crippen molar-refractivity contribution in [2.75, 3.05) is 18.9 Å². The Bertz CT molecular complexity index is 793. The third-order valence-corrected chi connectivity index (χ3v) is 4.19. The predicted octanol–water partition coefficient (Wildman–Crippen LogP) is 0.914. The molecule has 0 aliphatic carbocycles. The first-order valence-corrected chi connectivity index (χ1v) is 9.29. The van der Waals surface area contributed by atoms with Gasteiger partial charge >= 0.3 is 17.9 Å². The number of anilines is 1. The molecular weight excluding hydrogens is 402 g/mol. The van der Waals surface area contributed by atoms with Gasteiger partial charge in [-0.05, 0) is 32.9 Å². The van der Waals surface area contributed by atoms with E-state index in [2.05, 4.69) is 20.9 Å². The van der Waals surface area contributed by atoms with Gasteiger partial charge in [-0.1, -0.05) is 11.6 Å². The minimum atomic E-state index is -0.958. The molecule has 2 rings (SSSR count). The summed E-state index contributed by atoms with van der Waals surface area (Å²) in [7, 11) is 1.59. The summed E-state index contributed by atoms with van der Waals surface area (Å²) < 4.78 is 5.23. The number of pyridine rings is 1. The number of likely N-dealkylation sites (tertiary alicyclic amines) is 1. The summed E-state index contributed by atoms with van der Waals surface area (Å²) in [5.41, 5.74) is -0.704. The molecule has 1 aromatic rings. The minimum absolute atomic E-state index is 0.0742. The van der Waals surface area contributed by atoms with E-state index in [4.69, 9.17) is 16.3 Å². The SMILES string of the molecule is CN1C[C@@H](NC(=O)OC(C)(C)C)[C@@H](NC(=O)C(=O)Nc2ccc(Cl)cn2)CC1=O. The van der Waals surface area contributed by atoms with Crippen molar-refractivity contribution in [3.8, 4) is 0 Å². The van der Waals surface area contributed by atoms with Crippen molar-refractivity contribution in [3.63, 3.8) is 0 Å². The van der Waals surface area contributed by atoms with Crippen molar-refractivity contribution < 1.29 is 23.9 Å². The number of hydrogen-bond donors (Lipinski definition) is 3. The maximum Gasteiger partial charge on any atom is 0.408 e. The van der Waals surface area contributed by atoms with Crippen molar-refractivity contribution in [2.45, 2.75) is 44.9 Å². The van der Waals surface area contributed by atoms with Crippen LogP contribution < -0.4 is 16.0 Å². The highest BCUT2D eigenvalue weighted by Gasteiger charge is 2.36. The third-order valence-electron chi connectivity index (χ3n) is 3.97. The summed E-state index contributed by atoms with van der Waals surface area (Å²) in [6.07, 6.45) is 0.569. The van der Waals surface area contributed by atoms with Crippen LogP contribution in [-0.2, 0) is 19.1 Å². The van der Waals surface area contributed by atoms with E-state index >= 15 is 0 Å². The lowest BCUT2D eigenvalue weighted by Gasteiger charge is -2.37. The molecule has 1 saturated heterocycles. The molecular formula is C18H24ClN5O5. The maximum absolute atomic E-state index is 12.3. The molecule has 0 aromatic carbocycles. The molecule has 1 aromatic heterocycles. The Balaban J connectivity index is 2.02. The van der Waals surface area contributed by atoms with Crippen molar-refractivity contribution in [2.24, 2.45) is 0 Å². The predicted molar refractivity (Wildman–Crippen MR) is 105 cm³/mol. The first-order valence-electron chi connectivity index (χ1n) is 8.91. The average Bonchev–Trinajstić information content (AvgIpc) is 2.59. The van der Waals surface area contributed by atoms with Crippen LogP contribution in [-0.4, -0.2) is 65.0 Å².